The van der Waals surface area contributed by atoms with Gasteiger partial charge in [0.15, 0.2) is 5.82 Å². The molecular weight excluding hydrogens is 351 g/mol. The van der Waals surface area contributed by atoms with Gasteiger partial charge in [-0.3, -0.25) is 14.7 Å². The monoisotopic (exact) mass is 363 g/mol. The van der Waals surface area contributed by atoms with Gasteiger partial charge in [-0.25, -0.2) is 4.98 Å². The summed E-state index contributed by atoms with van der Waals surface area (Å²) in [5.41, 5.74) is 0.191. The molecule has 0 saturated heterocycles. The predicted octanol–water partition coefficient (Wildman–Crippen LogP) is 3.00. The van der Waals surface area contributed by atoms with Crippen LogP contribution in [0.25, 0.3) is 0 Å². The molecule has 1 aromatic carbocycles. The number of aromatic amines is 1. The van der Waals surface area contributed by atoms with Crippen LogP contribution in [-0.2, 0) is 23.8 Å². The third-order valence-electron chi connectivity index (χ3n) is 3.69. The topological polar surface area (TPSA) is 88.8 Å². The fourth-order valence-corrected chi connectivity index (χ4v) is 2.43. The maximum atomic E-state index is 12.8. The minimum Gasteiger partial charge on any atom is -0.469 e. The number of nitrogens with one attached hydrogen (secondary N) is 1. The van der Waals surface area contributed by atoms with Crippen molar-refractivity contribution in [2.75, 3.05) is 0 Å². The molecule has 0 saturated carbocycles. The van der Waals surface area contributed by atoms with Gasteiger partial charge in [0.05, 0.1) is 18.2 Å². The molecule has 0 atom stereocenters. The second-order valence-corrected chi connectivity index (χ2v) is 5.51. The van der Waals surface area contributed by atoms with E-state index in [4.69, 9.17) is 4.42 Å². The number of carbonyl (C=O) groups is 2. The predicted molar refractivity (Wildman–Crippen MR) is 82.4 cm³/mol. The Kier molecular flexibility index (Phi) is 4.70. The quantitative estimate of drug-likeness (QED) is 0.537. The molecule has 3 rings (SSSR count). The van der Waals surface area contributed by atoms with E-state index in [-0.39, 0.29) is 24.4 Å². The first-order valence-electron chi connectivity index (χ1n) is 7.49. The van der Waals surface area contributed by atoms with E-state index in [1.807, 2.05) is 0 Å². The molecule has 26 heavy (non-hydrogen) atoms. The van der Waals surface area contributed by atoms with Crippen molar-refractivity contribution in [3.8, 4) is 0 Å². The number of Topliss-reactive ketones (excluding diaryl/α,β-unsaturated/α-hetero) is 2. The van der Waals surface area contributed by atoms with Crippen molar-refractivity contribution < 1.29 is 27.2 Å². The summed E-state index contributed by atoms with van der Waals surface area (Å²) in [6.45, 7) is 0. The minimum absolute atomic E-state index is 0.138. The van der Waals surface area contributed by atoms with Crippen molar-refractivity contribution in [1.29, 1.82) is 0 Å². The van der Waals surface area contributed by atoms with Crippen LogP contribution in [-0.4, -0.2) is 26.7 Å². The maximum Gasteiger partial charge on any atom is 0.416 e. The average Bonchev–Trinajstić information content (AvgIpc) is 3.26. The Hall–Kier alpha value is -3.23. The number of aromatic nitrogens is 3. The SMILES string of the molecule is O=C(Cc1occc1Cc1cccc(C(F)(F)F)c1)C(=O)c1ncn[nH]1. The molecule has 2 aromatic heterocycles. The van der Waals surface area contributed by atoms with Gasteiger partial charge in [0.25, 0.3) is 5.78 Å². The van der Waals surface area contributed by atoms with Gasteiger partial charge < -0.3 is 4.42 Å². The van der Waals surface area contributed by atoms with Gasteiger partial charge in [-0.1, -0.05) is 18.2 Å². The zero-order valence-corrected chi connectivity index (χ0v) is 13.2. The lowest BCUT2D eigenvalue weighted by Gasteiger charge is -2.08. The van der Waals surface area contributed by atoms with E-state index in [2.05, 4.69) is 15.2 Å². The van der Waals surface area contributed by atoms with E-state index < -0.39 is 23.3 Å². The zero-order valence-electron chi connectivity index (χ0n) is 13.2. The average molecular weight is 363 g/mol. The molecule has 0 unspecified atom stereocenters. The number of rotatable bonds is 6. The van der Waals surface area contributed by atoms with Crippen molar-refractivity contribution in [1.82, 2.24) is 15.2 Å². The number of furan rings is 1. The molecule has 0 aliphatic rings. The normalized spacial score (nSPS) is 11.5. The van der Waals surface area contributed by atoms with Crippen LogP contribution in [0, 0.1) is 0 Å². The van der Waals surface area contributed by atoms with Crippen molar-refractivity contribution >= 4 is 11.6 Å². The fourth-order valence-electron chi connectivity index (χ4n) is 2.43. The largest absolute Gasteiger partial charge is 0.469 e. The van der Waals surface area contributed by atoms with Crippen molar-refractivity contribution in [3.63, 3.8) is 0 Å². The third kappa shape index (κ3) is 3.88. The standard InChI is InChI=1S/C17H12F3N3O3/c18-17(19,20)12-3-1-2-10(7-12)6-11-4-5-26-14(11)8-13(24)15(25)16-21-9-22-23-16/h1-5,7,9H,6,8H2,(H,21,22,23). The number of H-pyrrole nitrogens is 1. The first kappa shape index (κ1) is 17.6. The fraction of sp³-hybridized carbons (Fsp3) is 0.176. The molecule has 0 aliphatic carbocycles. The lowest BCUT2D eigenvalue weighted by molar-refractivity contribution is -0.137. The minimum atomic E-state index is -4.44. The van der Waals surface area contributed by atoms with Crippen LogP contribution in [0.2, 0.25) is 0 Å². The summed E-state index contributed by atoms with van der Waals surface area (Å²) in [6.07, 6.45) is -2.19. The van der Waals surface area contributed by atoms with E-state index in [1.54, 1.807) is 12.1 Å². The van der Waals surface area contributed by atoms with Crippen LogP contribution in [0.1, 0.15) is 33.1 Å². The van der Waals surface area contributed by atoms with Gasteiger partial charge >= 0.3 is 6.18 Å². The molecule has 6 nitrogen and oxygen atoms in total. The lowest BCUT2D eigenvalue weighted by atomic mass is 10.0. The van der Waals surface area contributed by atoms with Gasteiger partial charge in [0.2, 0.25) is 5.78 Å². The number of carbonyl (C=O) groups excluding carboxylic acids is 2. The highest BCUT2D eigenvalue weighted by molar-refractivity contribution is 6.43. The second-order valence-electron chi connectivity index (χ2n) is 5.51. The zero-order chi connectivity index (χ0) is 18.7. The van der Waals surface area contributed by atoms with E-state index in [1.165, 1.54) is 12.3 Å². The molecular formula is C17H12F3N3O3. The number of nitrogens with zero attached hydrogens (tertiary/aromatic N) is 2. The molecule has 0 aliphatic heterocycles. The first-order valence-corrected chi connectivity index (χ1v) is 7.49. The Balaban J connectivity index is 1.75. The maximum absolute atomic E-state index is 12.8. The van der Waals surface area contributed by atoms with Gasteiger partial charge in [0.1, 0.15) is 12.1 Å². The Morgan fingerprint density at radius 3 is 2.69 bits per heavy atom. The number of ketones is 2. The molecule has 1 N–H and O–H groups in total. The summed E-state index contributed by atoms with van der Waals surface area (Å²) in [7, 11) is 0. The molecule has 134 valence electrons. The van der Waals surface area contributed by atoms with Gasteiger partial charge in [-0.15, -0.1) is 0 Å². The summed E-state index contributed by atoms with van der Waals surface area (Å²) in [5.74, 6) is -1.56. The number of hydrogen-bond donors (Lipinski definition) is 1. The molecule has 0 bridgehead atoms. The summed E-state index contributed by atoms with van der Waals surface area (Å²) in [5, 5.41) is 5.80. The summed E-state index contributed by atoms with van der Waals surface area (Å²) in [6, 6.07) is 6.45. The second kappa shape index (κ2) is 6.95. The highest BCUT2D eigenvalue weighted by atomic mass is 19.4. The van der Waals surface area contributed by atoms with Crippen LogP contribution in [0.15, 0.2) is 47.3 Å². The van der Waals surface area contributed by atoms with Crippen molar-refractivity contribution in [3.05, 3.63) is 71.2 Å². The molecule has 0 fully saturated rings. The number of halogens is 3. The van der Waals surface area contributed by atoms with Crippen LogP contribution >= 0.6 is 0 Å². The van der Waals surface area contributed by atoms with E-state index in [0.717, 1.165) is 18.5 Å². The smallest absolute Gasteiger partial charge is 0.416 e. The lowest BCUT2D eigenvalue weighted by Crippen LogP contribution is -2.18. The molecule has 3 aromatic rings. The number of hydrogen-bond acceptors (Lipinski definition) is 5. The van der Waals surface area contributed by atoms with E-state index in [0.29, 0.717) is 11.1 Å². The molecule has 0 spiro atoms. The Morgan fingerprint density at radius 1 is 1.19 bits per heavy atom. The summed E-state index contributed by atoms with van der Waals surface area (Å²) < 4.78 is 43.7. The van der Waals surface area contributed by atoms with Crippen LogP contribution < -0.4 is 0 Å². The Labute approximate surface area is 145 Å². The van der Waals surface area contributed by atoms with E-state index >= 15 is 0 Å². The molecule has 2 heterocycles. The molecule has 0 radical (unpaired) electrons. The molecule has 0 amide bonds. The highest BCUT2D eigenvalue weighted by Crippen LogP contribution is 2.30. The number of benzene rings is 1. The van der Waals surface area contributed by atoms with Crippen LogP contribution in [0.4, 0.5) is 13.2 Å². The first-order chi connectivity index (χ1) is 12.3. The third-order valence-corrected chi connectivity index (χ3v) is 3.69. The summed E-state index contributed by atoms with van der Waals surface area (Å²) in [4.78, 5) is 27.6. The van der Waals surface area contributed by atoms with Crippen molar-refractivity contribution in [2.24, 2.45) is 0 Å². The van der Waals surface area contributed by atoms with Crippen molar-refractivity contribution in [2.45, 2.75) is 19.0 Å². The number of alkyl halides is 3. The summed E-state index contributed by atoms with van der Waals surface area (Å²) >= 11 is 0. The van der Waals surface area contributed by atoms with Crippen LogP contribution in [0.5, 0.6) is 0 Å². The van der Waals surface area contributed by atoms with E-state index in [9.17, 15) is 22.8 Å². The van der Waals surface area contributed by atoms with Gasteiger partial charge in [-0.2, -0.15) is 18.3 Å². The van der Waals surface area contributed by atoms with Crippen LogP contribution in [0.3, 0.4) is 0 Å². The highest BCUT2D eigenvalue weighted by Gasteiger charge is 2.30. The van der Waals surface area contributed by atoms with Gasteiger partial charge in [0, 0.05) is 6.42 Å². The van der Waals surface area contributed by atoms with Gasteiger partial charge in [-0.05, 0) is 23.3 Å². The molecule has 9 heteroatoms. The Morgan fingerprint density at radius 2 is 2.00 bits per heavy atom. The Bertz CT molecular complexity index is 930.